The lowest BCUT2D eigenvalue weighted by Gasteiger charge is -2.10. The van der Waals surface area contributed by atoms with Gasteiger partial charge in [-0.25, -0.2) is 0 Å². The molecule has 14 heavy (non-hydrogen) atoms. The summed E-state index contributed by atoms with van der Waals surface area (Å²) in [5, 5.41) is 11.4. The minimum atomic E-state index is -0.844. The molecule has 0 fully saturated rings. The molecule has 0 aliphatic carbocycles. The van der Waals surface area contributed by atoms with E-state index in [9.17, 15) is 9.59 Å². The van der Waals surface area contributed by atoms with Gasteiger partial charge in [0.2, 0.25) is 5.91 Å². The van der Waals surface area contributed by atoms with Crippen LogP contribution in [0.15, 0.2) is 0 Å². The summed E-state index contributed by atoms with van der Waals surface area (Å²) in [6.07, 6.45) is 0.0653. The van der Waals surface area contributed by atoms with Gasteiger partial charge >= 0.3 is 5.97 Å². The number of carboxylic acids is 1. The number of amides is 1. The zero-order chi connectivity index (χ0) is 11.0. The summed E-state index contributed by atoms with van der Waals surface area (Å²) in [6.45, 7) is 2.51. The van der Waals surface area contributed by atoms with Gasteiger partial charge in [-0.3, -0.25) is 9.59 Å². The van der Waals surface area contributed by atoms with Crippen molar-refractivity contribution in [3.8, 4) is 0 Å². The topological polar surface area (TPSA) is 102 Å². The number of nitrogens with one attached hydrogen (secondary N) is 1. The van der Waals surface area contributed by atoms with E-state index in [0.29, 0.717) is 13.2 Å². The predicted octanol–water partition coefficient (Wildman–Crippen LogP) is -1.06. The summed E-state index contributed by atoms with van der Waals surface area (Å²) in [6, 6.07) is -0.107. The van der Waals surface area contributed by atoms with Gasteiger partial charge in [0.05, 0.1) is 13.0 Å². The maximum absolute atomic E-state index is 10.3. The maximum atomic E-state index is 10.3. The van der Waals surface area contributed by atoms with Gasteiger partial charge in [0.15, 0.2) is 0 Å². The summed E-state index contributed by atoms with van der Waals surface area (Å²) < 4.78 is 4.87. The molecular formula is C8H16N2O4. The van der Waals surface area contributed by atoms with E-state index in [0.717, 1.165) is 0 Å². The average Bonchev–Trinajstić information content (AvgIpc) is 2.01. The molecule has 0 rings (SSSR count). The highest BCUT2D eigenvalue weighted by Crippen LogP contribution is 1.88. The fraction of sp³-hybridized carbons (Fsp3) is 0.750. The Labute approximate surface area is 82.4 Å². The van der Waals surface area contributed by atoms with Gasteiger partial charge < -0.3 is 20.9 Å². The van der Waals surface area contributed by atoms with E-state index in [2.05, 4.69) is 5.32 Å². The maximum Gasteiger partial charge on any atom is 0.304 e. The molecule has 6 heteroatoms. The quantitative estimate of drug-likeness (QED) is 0.437. The number of hydrogen-bond acceptors (Lipinski definition) is 4. The van der Waals surface area contributed by atoms with Crippen molar-refractivity contribution in [2.24, 2.45) is 5.73 Å². The minimum absolute atomic E-state index is 0.0653. The molecule has 6 nitrogen and oxygen atoms in total. The van der Waals surface area contributed by atoms with Crippen LogP contribution in [0, 0.1) is 0 Å². The zero-order valence-corrected chi connectivity index (χ0v) is 8.16. The molecule has 0 saturated heterocycles. The molecule has 1 atom stereocenters. The molecule has 0 aliphatic rings. The summed E-state index contributed by atoms with van der Waals surface area (Å²) in [5.41, 5.74) is 4.84. The fourth-order valence-electron chi connectivity index (χ4n) is 0.884. The molecule has 0 aromatic rings. The number of carbonyl (C=O) groups excluding carboxylic acids is 1. The molecule has 0 spiro atoms. The Bertz CT molecular complexity index is 196. The van der Waals surface area contributed by atoms with Crippen LogP contribution in [0.4, 0.5) is 0 Å². The molecule has 0 aliphatic heterocycles. The van der Waals surface area contributed by atoms with Crippen LogP contribution in [0.1, 0.15) is 13.3 Å². The molecule has 0 aromatic carbocycles. The number of carboxylic acid groups (broad SMARTS) is 1. The van der Waals surface area contributed by atoms with Crippen LogP contribution in [0.2, 0.25) is 0 Å². The average molecular weight is 204 g/mol. The Balaban J connectivity index is 3.27. The van der Waals surface area contributed by atoms with Gasteiger partial charge in [0, 0.05) is 12.6 Å². The highest BCUT2D eigenvalue weighted by molar-refractivity contribution is 5.74. The largest absolute Gasteiger partial charge is 0.481 e. The van der Waals surface area contributed by atoms with Gasteiger partial charge in [-0.15, -0.1) is 0 Å². The Morgan fingerprint density at radius 3 is 2.71 bits per heavy atom. The van der Waals surface area contributed by atoms with Crippen molar-refractivity contribution < 1.29 is 19.4 Å². The van der Waals surface area contributed by atoms with Crippen LogP contribution < -0.4 is 11.1 Å². The summed E-state index contributed by atoms with van der Waals surface area (Å²) in [4.78, 5) is 20.5. The molecule has 82 valence electrons. The van der Waals surface area contributed by atoms with Crippen LogP contribution in [0.3, 0.4) is 0 Å². The van der Waals surface area contributed by atoms with E-state index >= 15 is 0 Å². The van der Waals surface area contributed by atoms with Gasteiger partial charge in [-0.1, -0.05) is 0 Å². The third-order valence-electron chi connectivity index (χ3n) is 1.46. The molecular weight excluding hydrogens is 188 g/mol. The smallest absolute Gasteiger partial charge is 0.304 e. The van der Waals surface area contributed by atoms with E-state index in [1.54, 1.807) is 6.92 Å². The normalized spacial score (nSPS) is 12.4. The van der Waals surface area contributed by atoms with E-state index < -0.39 is 11.9 Å². The third-order valence-corrected chi connectivity index (χ3v) is 1.46. The Morgan fingerprint density at radius 2 is 2.21 bits per heavy atom. The SMILES string of the molecule is CC(CC(=O)O)NCCOCC(N)=O. The highest BCUT2D eigenvalue weighted by Gasteiger charge is 2.05. The number of rotatable bonds is 8. The standard InChI is InChI=1S/C8H16N2O4/c1-6(4-8(12)13)10-2-3-14-5-7(9)11/h6,10H,2-5H2,1H3,(H2,9,11)(H,12,13). The Kier molecular flexibility index (Phi) is 6.69. The number of aliphatic carboxylic acids is 1. The van der Waals surface area contributed by atoms with Crippen molar-refractivity contribution in [3.63, 3.8) is 0 Å². The molecule has 0 saturated carbocycles. The van der Waals surface area contributed by atoms with Gasteiger partial charge in [0.1, 0.15) is 6.61 Å². The first kappa shape index (κ1) is 12.9. The number of carbonyl (C=O) groups is 2. The molecule has 1 unspecified atom stereocenters. The number of ether oxygens (including phenoxy) is 1. The van der Waals surface area contributed by atoms with Gasteiger partial charge in [-0.2, -0.15) is 0 Å². The van der Waals surface area contributed by atoms with Crippen molar-refractivity contribution in [2.45, 2.75) is 19.4 Å². The first-order chi connectivity index (χ1) is 6.52. The second-order valence-electron chi connectivity index (χ2n) is 2.97. The second kappa shape index (κ2) is 7.28. The summed E-state index contributed by atoms with van der Waals surface area (Å²) >= 11 is 0. The van der Waals surface area contributed by atoms with Crippen molar-refractivity contribution in [2.75, 3.05) is 19.8 Å². The van der Waals surface area contributed by atoms with Crippen LogP contribution >= 0.6 is 0 Å². The van der Waals surface area contributed by atoms with Crippen LogP contribution in [0.5, 0.6) is 0 Å². The summed E-state index contributed by atoms with van der Waals surface area (Å²) in [5.74, 6) is -1.35. The Morgan fingerprint density at radius 1 is 1.57 bits per heavy atom. The molecule has 1 amide bonds. The molecule has 0 heterocycles. The van der Waals surface area contributed by atoms with E-state index in [-0.39, 0.29) is 19.1 Å². The van der Waals surface area contributed by atoms with Crippen molar-refractivity contribution >= 4 is 11.9 Å². The minimum Gasteiger partial charge on any atom is -0.481 e. The predicted molar refractivity (Wildman–Crippen MR) is 49.7 cm³/mol. The van der Waals surface area contributed by atoms with Gasteiger partial charge in [-0.05, 0) is 6.92 Å². The van der Waals surface area contributed by atoms with Crippen LogP contribution in [0.25, 0.3) is 0 Å². The lowest BCUT2D eigenvalue weighted by atomic mass is 10.2. The lowest BCUT2D eigenvalue weighted by molar-refractivity contribution is -0.137. The third kappa shape index (κ3) is 8.95. The first-order valence-electron chi connectivity index (χ1n) is 4.33. The molecule has 0 radical (unpaired) electrons. The Hall–Kier alpha value is -1.14. The second-order valence-corrected chi connectivity index (χ2v) is 2.97. The molecule has 4 N–H and O–H groups in total. The molecule has 0 aromatic heterocycles. The zero-order valence-electron chi connectivity index (χ0n) is 8.16. The van der Waals surface area contributed by atoms with Crippen molar-refractivity contribution in [1.29, 1.82) is 0 Å². The highest BCUT2D eigenvalue weighted by atomic mass is 16.5. The van der Waals surface area contributed by atoms with E-state index in [4.69, 9.17) is 15.6 Å². The van der Waals surface area contributed by atoms with Crippen molar-refractivity contribution in [1.82, 2.24) is 5.32 Å². The van der Waals surface area contributed by atoms with E-state index in [1.165, 1.54) is 0 Å². The fourth-order valence-corrected chi connectivity index (χ4v) is 0.884. The lowest BCUT2D eigenvalue weighted by Crippen LogP contribution is -2.32. The number of nitrogens with two attached hydrogens (primary N) is 1. The first-order valence-corrected chi connectivity index (χ1v) is 4.33. The van der Waals surface area contributed by atoms with Gasteiger partial charge in [0.25, 0.3) is 0 Å². The summed E-state index contributed by atoms with van der Waals surface area (Å²) in [7, 11) is 0. The number of primary amides is 1. The van der Waals surface area contributed by atoms with Crippen LogP contribution in [-0.4, -0.2) is 42.8 Å². The number of hydrogen-bond donors (Lipinski definition) is 3. The molecule has 0 bridgehead atoms. The van der Waals surface area contributed by atoms with Crippen molar-refractivity contribution in [3.05, 3.63) is 0 Å². The van der Waals surface area contributed by atoms with E-state index in [1.807, 2.05) is 0 Å². The van der Waals surface area contributed by atoms with Crippen LogP contribution in [-0.2, 0) is 14.3 Å². The monoisotopic (exact) mass is 204 g/mol.